The van der Waals surface area contributed by atoms with Gasteiger partial charge >= 0.3 is 0 Å². The molecule has 0 spiro atoms. The summed E-state index contributed by atoms with van der Waals surface area (Å²) in [6, 6.07) is 0. The van der Waals surface area contributed by atoms with Gasteiger partial charge in [0.25, 0.3) is 0 Å². The predicted molar refractivity (Wildman–Crippen MR) is 55.1 cm³/mol. The SMILES string of the molecule is CCCSC(CC)(CC)CN. The third kappa shape index (κ3) is 3.48. The van der Waals surface area contributed by atoms with Crippen LogP contribution in [-0.4, -0.2) is 17.0 Å². The molecule has 0 radical (unpaired) electrons. The first-order valence-corrected chi connectivity index (χ1v) is 5.57. The summed E-state index contributed by atoms with van der Waals surface area (Å²) in [5.74, 6) is 1.25. The van der Waals surface area contributed by atoms with Gasteiger partial charge in [-0.3, -0.25) is 0 Å². The molecule has 0 aliphatic heterocycles. The second-order valence-corrected chi connectivity index (χ2v) is 4.51. The van der Waals surface area contributed by atoms with E-state index in [1.165, 1.54) is 25.0 Å². The molecule has 0 amide bonds. The van der Waals surface area contributed by atoms with E-state index in [0.717, 1.165) is 6.54 Å². The zero-order valence-electron chi connectivity index (χ0n) is 8.02. The van der Waals surface area contributed by atoms with E-state index in [4.69, 9.17) is 5.73 Å². The Morgan fingerprint density at radius 2 is 1.73 bits per heavy atom. The zero-order chi connectivity index (χ0) is 8.74. The molecule has 0 aliphatic carbocycles. The van der Waals surface area contributed by atoms with Crippen molar-refractivity contribution in [2.75, 3.05) is 12.3 Å². The average Bonchev–Trinajstić information content (AvgIpc) is 2.08. The van der Waals surface area contributed by atoms with Crippen molar-refractivity contribution in [1.29, 1.82) is 0 Å². The first-order chi connectivity index (χ1) is 5.24. The fraction of sp³-hybridized carbons (Fsp3) is 1.00. The molecule has 0 heterocycles. The average molecular weight is 175 g/mol. The Morgan fingerprint density at radius 1 is 1.18 bits per heavy atom. The first kappa shape index (κ1) is 11.3. The maximum absolute atomic E-state index is 5.75. The third-order valence-electron chi connectivity index (χ3n) is 2.27. The van der Waals surface area contributed by atoms with Crippen LogP contribution >= 0.6 is 11.8 Å². The van der Waals surface area contributed by atoms with Gasteiger partial charge in [-0.1, -0.05) is 20.8 Å². The van der Waals surface area contributed by atoms with Gasteiger partial charge in [0.1, 0.15) is 0 Å². The summed E-state index contributed by atoms with van der Waals surface area (Å²) in [6.07, 6.45) is 3.65. The van der Waals surface area contributed by atoms with Gasteiger partial charge in [-0.2, -0.15) is 11.8 Å². The minimum absolute atomic E-state index is 0.371. The van der Waals surface area contributed by atoms with Gasteiger partial charge in [0.2, 0.25) is 0 Å². The summed E-state index contributed by atoms with van der Waals surface area (Å²) in [5, 5.41) is 0. The van der Waals surface area contributed by atoms with E-state index in [1.54, 1.807) is 0 Å². The predicted octanol–water partition coefficient (Wildman–Crippen LogP) is 2.65. The van der Waals surface area contributed by atoms with Crippen LogP contribution in [0, 0.1) is 0 Å². The standard InChI is InChI=1S/C9H21NS/c1-4-7-11-9(5-2,6-3)8-10/h4-8,10H2,1-3H3. The highest BCUT2D eigenvalue weighted by atomic mass is 32.2. The van der Waals surface area contributed by atoms with Crippen molar-refractivity contribution in [3.05, 3.63) is 0 Å². The molecular weight excluding hydrogens is 154 g/mol. The van der Waals surface area contributed by atoms with Crippen LogP contribution in [0.4, 0.5) is 0 Å². The van der Waals surface area contributed by atoms with Crippen molar-refractivity contribution in [1.82, 2.24) is 0 Å². The quantitative estimate of drug-likeness (QED) is 0.671. The minimum atomic E-state index is 0.371. The summed E-state index contributed by atoms with van der Waals surface area (Å²) in [5.41, 5.74) is 5.75. The Hall–Kier alpha value is 0.310. The van der Waals surface area contributed by atoms with Crippen molar-refractivity contribution in [3.63, 3.8) is 0 Å². The van der Waals surface area contributed by atoms with E-state index >= 15 is 0 Å². The van der Waals surface area contributed by atoms with Crippen LogP contribution in [0.2, 0.25) is 0 Å². The van der Waals surface area contributed by atoms with Crippen molar-refractivity contribution < 1.29 is 0 Å². The van der Waals surface area contributed by atoms with Crippen LogP contribution in [0.3, 0.4) is 0 Å². The van der Waals surface area contributed by atoms with E-state index in [2.05, 4.69) is 20.8 Å². The minimum Gasteiger partial charge on any atom is -0.329 e. The van der Waals surface area contributed by atoms with Crippen LogP contribution in [-0.2, 0) is 0 Å². The van der Waals surface area contributed by atoms with E-state index < -0.39 is 0 Å². The van der Waals surface area contributed by atoms with Crippen LogP contribution in [0.25, 0.3) is 0 Å². The van der Waals surface area contributed by atoms with Gasteiger partial charge in [-0.05, 0) is 25.0 Å². The Kier molecular flexibility index (Phi) is 6.06. The van der Waals surface area contributed by atoms with Crippen LogP contribution in [0.5, 0.6) is 0 Å². The molecule has 0 bridgehead atoms. The van der Waals surface area contributed by atoms with Crippen LogP contribution in [0.1, 0.15) is 40.0 Å². The molecule has 0 rings (SSSR count). The molecular formula is C9H21NS. The van der Waals surface area contributed by atoms with E-state index in [9.17, 15) is 0 Å². The molecule has 0 aromatic carbocycles. The van der Waals surface area contributed by atoms with Gasteiger partial charge < -0.3 is 5.73 Å². The molecule has 0 unspecified atom stereocenters. The maximum Gasteiger partial charge on any atom is 0.0277 e. The highest BCUT2D eigenvalue weighted by molar-refractivity contribution is 8.00. The number of rotatable bonds is 6. The van der Waals surface area contributed by atoms with Gasteiger partial charge in [-0.15, -0.1) is 0 Å². The summed E-state index contributed by atoms with van der Waals surface area (Å²) < 4.78 is 0.371. The molecule has 2 heteroatoms. The molecule has 68 valence electrons. The summed E-state index contributed by atoms with van der Waals surface area (Å²) in [7, 11) is 0. The highest BCUT2D eigenvalue weighted by Gasteiger charge is 2.23. The maximum atomic E-state index is 5.75. The molecule has 0 aromatic heterocycles. The third-order valence-corrected chi connectivity index (χ3v) is 4.24. The van der Waals surface area contributed by atoms with Gasteiger partial charge in [0.15, 0.2) is 0 Å². The van der Waals surface area contributed by atoms with Crippen LogP contribution in [0.15, 0.2) is 0 Å². The Balaban J connectivity index is 3.84. The molecule has 0 atom stereocenters. The molecule has 0 fully saturated rings. The number of hydrogen-bond donors (Lipinski definition) is 1. The van der Waals surface area contributed by atoms with E-state index in [0.29, 0.717) is 4.75 Å². The fourth-order valence-electron chi connectivity index (χ4n) is 1.12. The monoisotopic (exact) mass is 175 g/mol. The van der Waals surface area contributed by atoms with E-state index in [-0.39, 0.29) is 0 Å². The zero-order valence-corrected chi connectivity index (χ0v) is 8.84. The lowest BCUT2D eigenvalue weighted by molar-refractivity contribution is 0.558. The molecule has 2 N–H and O–H groups in total. The van der Waals surface area contributed by atoms with Gasteiger partial charge in [-0.25, -0.2) is 0 Å². The molecule has 1 nitrogen and oxygen atoms in total. The Morgan fingerprint density at radius 3 is 2.00 bits per heavy atom. The number of thioether (sulfide) groups is 1. The summed E-state index contributed by atoms with van der Waals surface area (Å²) in [4.78, 5) is 0. The Labute approximate surface area is 75.1 Å². The molecule has 0 aromatic rings. The molecule has 0 saturated carbocycles. The fourth-order valence-corrected chi connectivity index (χ4v) is 2.28. The van der Waals surface area contributed by atoms with E-state index in [1.807, 2.05) is 11.8 Å². The van der Waals surface area contributed by atoms with Crippen molar-refractivity contribution in [2.45, 2.75) is 44.8 Å². The van der Waals surface area contributed by atoms with Gasteiger partial charge in [0.05, 0.1) is 0 Å². The topological polar surface area (TPSA) is 26.0 Å². The normalized spacial score (nSPS) is 12.0. The lowest BCUT2D eigenvalue weighted by atomic mass is 10.0. The largest absolute Gasteiger partial charge is 0.329 e. The number of nitrogens with two attached hydrogens (primary N) is 1. The second-order valence-electron chi connectivity index (χ2n) is 2.94. The summed E-state index contributed by atoms with van der Waals surface area (Å²) in [6.45, 7) is 7.52. The van der Waals surface area contributed by atoms with Crippen molar-refractivity contribution in [2.24, 2.45) is 5.73 Å². The molecule has 0 saturated heterocycles. The Bertz CT molecular complexity index is 81.3. The molecule has 0 aliphatic rings. The lowest BCUT2D eigenvalue weighted by Crippen LogP contribution is -2.33. The second kappa shape index (κ2) is 5.90. The van der Waals surface area contributed by atoms with Crippen LogP contribution < -0.4 is 5.73 Å². The first-order valence-electron chi connectivity index (χ1n) is 4.58. The summed E-state index contributed by atoms with van der Waals surface area (Å²) >= 11 is 2.04. The highest BCUT2D eigenvalue weighted by Crippen LogP contribution is 2.31. The lowest BCUT2D eigenvalue weighted by Gasteiger charge is -2.29. The smallest absolute Gasteiger partial charge is 0.0277 e. The number of hydrogen-bond acceptors (Lipinski definition) is 2. The van der Waals surface area contributed by atoms with Crippen molar-refractivity contribution >= 4 is 11.8 Å². The molecule has 11 heavy (non-hydrogen) atoms. The van der Waals surface area contributed by atoms with Gasteiger partial charge in [0, 0.05) is 11.3 Å². The van der Waals surface area contributed by atoms with Crippen molar-refractivity contribution in [3.8, 4) is 0 Å².